The molecule has 2 aromatic rings. The third-order valence-electron chi connectivity index (χ3n) is 6.51. The van der Waals surface area contributed by atoms with E-state index >= 15 is 0 Å². The van der Waals surface area contributed by atoms with E-state index in [2.05, 4.69) is 0 Å². The van der Waals surface area contributed by atoms with Gasteiger partial charge in [-0.3, -0.25) is 19.2 Å². The predicted octanol–water partition coefficient (Wildman–Crippen LogP) is 4.37. The maximum absolute atomic E-state index is 13.4. The fraction of sp³-hybridized carbons (Fsp3) is 0.360. The van der Waals surface area contributed by atoms with Crippen LogP contribution in [0.15, 0.2) is 42.5 Å². The number of hydrogen-bond donors (Lipinski definition) is 0. The van der Waals surface area contributed by atoms with Crippen molar-refractivity contribution in [3.8, 4) is 0 Å². The molecule has 1 aliphatic carbocycles. The molecule has 4 rings (SSSR count). The minimum atomic E-state index is -0.584. The third-order valence-corrected chi connectivity index (χ3v) is 6.76. The van der Waals surface area contributed by atoms with Crippen LogP contribution in [0.3, 0.4) is 0 Å². The van der Waals surface area contributed by atoms with Crippen molar-refractivity contribution in [3.63, 3.8) is 0 Å². The number of halogens is 1. The SMILES string of the molecule is Cc1ccc(C(=O)CN(C(=O)c2ccc(Cl)cc2)N2C(=O)[C@@H]3CCCC[C@H]3C2=O)cc1C. The van der Waals surface area contributed by atoms with Crippen molar-refractivity contribution < 1.29 is 19.2 Å². The van der Waals surface area contributed by atoms with Crippen molar-refractivity contribution in [1.82, 2.24) is 10.0 Å². The Labute approximate surface area is 192 Å². The Morgan fingerprint density at radius 2 is 1.47 bits per heavy atom. The number of rotatable bonds is 5. The summed E-state index contributed by atoms with van der Waals surface area (Å²) in [5.74, 6) is -2.56. The lowest BCUT2D eigenvalue weighted by molar-refractivity contribution is -0.154. The van der Waals surface area contributed by atoms with Crippen molar-refractivity contribution in [2.24, 2.45) is 11.8 Å². The zero-order chi connectivity index (χ0) is 23.0. The van der Waals surface area contributed by atoms with E-state index in [9.17, 15) is 19.2 Å². The zero-order valence-corrected chi connectivity index (χ0v) is 18.9. The molecule has 1 saturated heterocycles. The number of imide groups is 1. The van der Waals surface area contributed by atoms with Crippen LogP contribution in [0.25, 0.3) is 0 Å². The number of benzene rings is 2. The lowest BCUT2D eigenvalue weighted by Gasteiger charge is -2.30. The van der Waals surface area contributed by atoms with Crippen molar-refractivity contribution in [2.75, 3.05) is 6.54 Å². The molecule has 2 aliphatic rings. The first-order valence-electron chi connectivity index (χ1n) is 10.8. The highest BCUT2D eigenvalue weighted by Crippen LogP contribution is 2.39. The van der Waals surface area contributed by atoms with Gasteiger partial charge in [0.1, 0.15) is 6.54 Å². The van der Waals surface area contributed by atoms with Gasteiger partial charge in [-0.15, -0.1) is 0 Å². The monoisotopic (exact) mass is 452 g/mol. The Bertz CT molecular complexity index is 1070. The first kappa shape index (κ1) is 22.2. The average molecular weight is 453 g/mol. The molecule has 1 aliphatic heterocycles. The van der Waals surface area contributed by atoms with Gasteiger partial charge in [-0.2, -0.15) is 5.01 Å². The third kappa shape index (κ3) is 4.07. The van der Waals surface area contributed by atoms with Gasteiger partial charge in [-0.25, -0.2) is 5.01 Å². The Morgan fingerprint density at radius 1 is 0.906 bits per heavy atom. The topological polar surface area (TPSA) is 74.8 Å². The van der Waals surface area contributed by atoms with Crippen LogP contribution in [0, 0.1) is 25.7 Å². The Balaban J connectivity index is 1.69. The highest BCUT2D eigenvalue weighted by atomic mass is 35.5. The molecule has 166 valence electrons. The molecule has 1 heterocycles. The molecule has 3 amide bonds. The van der Waals surface area contributed by atoms with Crippen LogP contribution in [-0.4, -0.2) is 40.1 Å². The number of nitrogens with zero attached hydrogens (tertiary/aromatic N) is 2. The molecular weight excluding hydrogens is 428 g/mol. The van der Waals surface area contributed by atoms with Gasteiger partial charge in [-0.1, -0.05) is 36.6 Å². The van der Waals surface area contributed by atoms with E-state index in [0.29, 0.717) is 23.4 Å². The zero-order valence-electron chi connectivity index (χ0n) is 18.1. The molecule has 32 heavy (non-hydrogen) atoms. The fourth-order valence-electron chi connectivity index (χ4n) is 4.50. The Hall–Kier alpha value is -2.99. The molecule has 6 nitrogen and oxygen atoms in total. The number of aryl methyl sites for hydroxylation is 2. The van der Waals surface area contributed by atoms with Gasteiger partial charge in [0.2, 0.25) is 0 Å². The number of hydrogen-bond acceptors (Lipinski definition) is 4. The van der Waals surface area contributed by atoms with E-state index in [4.69, 9.17) is 11.6 Å². The largest absolute Gasteiger partial charge is 0.292 e. The molecule has 0 aromatic heterocycles. The quantitative estimate of drug-likeness (QED) is 0.498. The van der Waals surface area contributed by atoms with Gasteiger partial charge in [0.15, 0.2) is 5.78 Å². The first-order valence-corrected chi connectivity index (χ1v) is 11.2. The summed E-state index contributed by atoms with van der Waals surface area (Å²) < 4.78 is 0. The minimum absolute atomic E-state index is 0.248. The second-order valence-electron chi connectivity index (χ2n) is 8.58. The van der Waals surface area contributed by atoms with Gasteiger partial charge in [-0.05, 0) is 68.1 Å². The predicted molar refractivity (Wildman–Crippen MR) is 120 cm³/mol. The van der Waals surface area contributed by atoms with Crippen molar-refractivity contribution in [2.45, 2.75) is 39.5 Å². The molecular formula is C25H25ClN2O4. The maximum Gasteiger partial charge on any atom is 0.273 e. The molecule has 1 saturated carbocycles. The molecule has 2 aromatic carbocycles. The summed E-state index contributed by atoms with van der Waals surface area (Å²) in [5.41, 5.74) is 2.67. The molecule has 0 bridgehead atoms. The number of fused-ring (bicyclic) bond motifs is 1. The molecule has 0 radical (unpaired) electrons. The van der Waals surface area contributed by atoms with Crippen LogP contribution in [0.1, 0.15) is 57.5 Å². The Kier molecular flexibility index (Phi) is 6.15. The van der Waals surface area contributed by atoms with E-state index in [1.54, 1.807) is 24.3 Å². The molecule has 7 heteroatoms. The summed E-state index contributed by atoms with van der Waals surface area (Å²) in [5, 5.41) is 2.40. The molecule has 2 fully saturated rings. The summed E-state index contributed by atoms with van der Waals surface area (Å²) in [6, 6.07) is 11.5. The molecule has 0 spiro atoms. The highest BCUT2D eigenvalue weighted by molar-refractivity contribution is 6.30. The van der Waals surface area contributed by atoms with Crippen molar-refractivity contribution in [3.05, 3.63) is 69.7 Å². The summed E-state index contributed by atoms with van der Waals surface area (Å²) in [7, 11) is 0. The van der Waals surface area contributed by atoms with Gasteiger partial charge < -0.3 is 0 Å². The minimum Gasteiger partial charge on any atom is -0.292 e. The van der Waals surface area contributed by atoms with Crippen LogP contribution < -0.4 is 0 Å². The van der Waals surface area contributed by atoms with Crippen molar-refractivity contribution in [1.29, 1.82) is 0 Å². The average Bonchev–Trinajstić information content (AvgIpc) is 3.04. The van der Waals surface area contributed by atoms with Crippen LogP contribution >= 0.6 is 11.6 Å². The van der Waals surface area contributed by atoms with E-state index < -0.39 is 36.1 Å². The van der Waals surface area contributed by atoms with Gasteiger partial charge in [0, 0.05) is 16.1 Å². The lowest BCUT2D eigenvalue weighted by Crippen LogP contribution is -2.52. The van der Waals surface area contributed by atoms with Crippen LogP contribution in [0.2, 0.25) is 5.02 Å². The highest BCUT2D eigenvalue weighted by Gasteiger charge is 2.51. The normalized spacial score (nSPS) is 20.3. The van der Waals surface area contributed by atoms with Crippen LogP contribution in [0.5, 0.6) is 0 Å². The number of carbonyl (C=O) groups is 4. The van der Waals surface area contributed by atoms with Gasteiger partial charge in [0.25, 0.3) is 17.7 Å². The summed E-state index contributed by atoms with van der Waals surface area (Å²) in [6.07, 6.45) is 3.00. The molecule has 2 atom stereocenters. The number of hydrazine groups is 1. The smallest absolute Gasteiger partial charge is 0.273 e. The summed E-state index contributed by atoms with van der Waals surface area (Å²) in [4.78, 5) is 52.9. The van der Waals surface area contributed by atoms with E-state index in [1.165, 1.54) is 12.1 Å². The van der Waals surface area contributed by atoms with Crippen LogP contribution in [-0.2, 0) is 9.59 Å². The summed E-state index contributed by atoms with van der Waals surface area (Å²) in [6.45, 7) is 3.45. The molecule has 0 N–H and O–H groups in total. The Morgan fingerprint density at radius 3 is 2.03 bits per heavy atom. The second kappa shape index (κ2) is 8.87. The van der Waals surface area contributed by atoms with Crippen molar-refractivity contribution >= 4 is 35.1 Å². The van der Waals surface area contributed by atoms with Gasteiger partial charge >= 0.3 is 0 Å². The number of Topliss-reactive ketones (excluding diaryl/α,β-unsaturated/α-hetero) is 1. The van der Waals surface area contributed by atoms with E-state index in [-0.39, 0.29) is 11.3 Å². The number of amides is 3. The number of carbonyl (C=O) groups excluding carboxylic acids is 4. The lowest BCUT2D eigenvalue weighted by atomic mass is 9.81. The maximum atomic E-state index is 13.4. The van der Waals surface area contributed by atoms with E-state index in [1.807, 2.05) is 19.9 Å². The summed E-state index contributed by atoms with van der Waals surface area (Å²) >= 11 is 5.95. The number of ketones is 1. The van der Waals surface area contributed by atoms with Crippen LogP contribution in [0.4, 0.5) is 0 Å². The fourth-order valence-corrected chi connectivity index (χ4v) is 4.63. The van der Waals surface area contributed by atoms with E-state index in [0.717, 1.165) is 34.0 Å². The second-order valence-corrected chi connectivity index (χ2v) is 9.01. The molecule has 0 unspecified atom stereocenters. The van der Waals surface area contributed by atoms with Gasteiger partial charge in [0.05, 0.1) is 11.8 Å². The standard InChI is InChI=1S/C25H25ClN2O4/c1-15-7-8-18(13-16(15)2)22(29)14-27(23(30)17-9-11-19(26)12-10-17)28-24(31)20-5-3-4-6-21(20)25(28)32/h7-13,20-21H,3-6,14H2,1-2H3/t20-,21-/m1/s1. The first-order chi connectivity index (χ1) is 15.3.